The number of benzene rings is 2. The Balaban J connectivity index is 1.80. The molecule has 9 heteroatoms. The van der Waals surface area contributed by atoms with Gasteiger partial charge in [0.1, 0.15) is 11.5 Å². The summed E-state index contributed by atoms with van der Waals surface area (Å²) in [6.45, 7) is 11.8. The zero-order valence-electron chi connectivity index (χ0n) is 24.4. The van der Waals surface area contributed by atoms with E-state index in [0.29, 0.717) is 25.2 Å². The Labute approximate surface area is 246 Å². The molecule has 2 aromatic rings. The van der Waals surface area contributed by atoms with Crippen LogP contribution in [0.2, 0.25) is 0 Å². The van der Waals surface area contributed by atoms with Gasteiger partial charge in [0.15, 0.2) is 0 Å². The third-order valence-electron chi connectivity index (χ3n) is 5.88. The first-order chi connectivity index (χ1) is 20.2. The van der Waals surface area contributed by atoms with Crippen molar-refractivity contribution >= 4 is 36.0 Å². The van der Waals surface area contributed by atoms with Crippen LogP contribution in [0.5, 0.6) is 11.5 Å². The summed E-state index contributed by atoms with van der Waals surface area (Å²) in [7, 11) is 1.24. The number of carbonyl (C=O) groups excluding carboxylic acids is 4. The maximum atomic E-state index is 12.1. The molecule has 0 amide bonds. The molecule has 2 rings (SSSR count). The fraction of sp³-hybridized carbons (Fsp3) is 0.333. The van der Waals surface area contributed by atoms with E-state index >= 15 is 0 Å². The molecule has 0 atom stereocenters. The van der Waals surface area contributed by atoms with Crippen molar-refractivity contribution in [2.24, 2.45) is 0 Å². The Kier molecular flexibility index (Phi) is 14.3. The van der Waals surface area contributed by atoms with Gasteiger partial charge in [-0.2, -0.15) is 0 Å². The lowest BCUT2D eigenvalue weighted by molar-refractivity contribution is -0.146. The number of esters is 4. The van der Waals surface area contributed by atoms with E-state index in [1.165, 1.54) is 7.11 Å². The summed E-state index contributed by atoms with van der Waals surface area (Å²) in [5.41, 5.74) is 3.06. The quantitative estimate of drug-likeness (QED) is 0.0586. The Hall–Kier alpha value is -4.66. The average Bonchev–Trinajstić information content (AvgIpc) is 2.98. The van der Waals surface area contributed by atoms with Crippen LogP contribution in [0, 0.1) is 0 Å². The number of aryl methyl sites for hydroxylation is 1. The maximum absolute atomic E-state index is 12.1. The van der Waals surface area contributed by atoms with E-state index in [1.807, 2.05) is 36.4 Å². The third-order valence-corrected chi connectivity index (χ3v) is 5.88. The Bertz CT molecular complexity index is 1290. The summed E-state index contributed by atoms with van der Waals surface area (Å²) in [6, 6.07) is 12.9. The molecule has 0 spiro atoms. The third kappa shape index (κ3) is 11.8. The predicted molar refractivity (Wildman–Crippen MR) is 159 cm³/mol. The van der Waals surface area contributed by atoms with Crippen LogP contribution in [0.1, 0.15) is 56.2 Å². The first kappa shape index (κ1) is 33.5. The molecule has 0 aliphatic rings. The number of methoxy groups -OCH3 is 1. The molecule has 0 aliphatic carbocycles. The summed E-state index contributed by atoms with van der Waals surface area (Å²) in [4.78, 5) is 46.7. The molecule has 224 valence electrons. The smallest absolute Gasteiger partial charge is 0.339 e. The monoisotopic (exact) mass is 578 g/mol. The highest BCUT2D eigenvalue weighted by Crippen LogP contribution is 2.23. The fourth-order valence-corrected chi connectivity index (χ4v) is 3.57. The van der Waals surface area contributed by atoms with E-state index in [1.54, 1.807) is 19.1 Å². The molecule has 0 heterocycles. The van der Waals surface area contributed by atoms with Gasteiger partial charge in [-0.05, 0) is 67.1 Å². The zero-order valence-corrected chi connectivity index (χ0v) is 24.4. The number of unbranched alkanes of at least 4 members (excludes halogenated alkanes) is 1. The minimum atomic E-state index is -0.685. The van der Waals surface area contributed by atoms with Gasteiger partial charge in [-0.15, -0.1) is 0 Å². The summed E-state index contributed by atoms with van der Waals surface area (Å²) in [5.74, 6) is -1.20. The minimum Gasteiger partial charge on any atom is -0.493 e. The second-order valence-corrected chi connectivity index (χ2v) is 9.15. The van der Waals surface area contributed by atoms with Crippen LogP contribution in [0.4, 0.5) is 0 Å². The average molecular weight is 579 g/mol. The van der Waals surface area contributed by atoms with Crippen molar-refractivity contribution < 1.29 is 42.9 Å². The molecular weight excluding hydrogens is 540 g/mol. The van der Waals surface area contributed by atoms with Crippen LogP contribution >= 0.6 is 0 Å². The molecule has 2 aromatic carbocycles. The molecular formula is C33H38O9. The summed E-state index contributed by atoms with van der Waals surface area (Å²) < 4.78 is 25.7. The van der Waals surface area contributed by atoms with Crippen LogP contribution in [0.15, 0.2) is 66.8 Å². The molecule has 0 aromatic heterocycles. The van der Waals surface area contributed by atoms with Gasteiger partial charge in [-0.3, -0.25) is 9.59 Å². The Morgan fingerprint density at radius 1 is 0.762 bits per heavy atom. The van der Waals surface area contributed by atoms with E-state index < -0.39 is 23.9 Å². The molecule has 0 saturated heterocycles. The van der Waals surface area contributed by atoms with Gasteiger partial charge in [0.2, 0.25) is 0 Å². The summed E-state index contributed by atoms with van der Waals surface area (Å²) in [6.07, 6.45) is 5.61. The number of carbonyl (C=O) groups is 4. The van der Waals surface area contributed by atoms with Gasteiger partial charge < -0.3 is 23.7 Å². The SMILES string of the molecule is C=C(CC(=O)OCC)C(=O)OCCCCOc1ccc(/C=C/c2ccc(OC(=O)C(=C)CC(=O)OC)cc2)cc1CC. The lowest BCUT2D eigenvalue weighted by atomic mass is 10.1. The van der Waals surface area contributed by atoms with Crippen LogP contribution in [-0.4, -0.2) is 50.8 Å². The van der Waals surface area contributed by atoms with Crippen molar-refractivity contribution in [2.75, 3.05) is 26.9 Å². The topological polar surface area (TPSA) is 114 Å². The van der Waals surface area contributed by atoms with Gasteiger partial charge in [0, 0.05) is 11.1 Å². The van der Waals surface area contributed by atoms with Gasteiger partial charge >= 0.3 is 23.9 Å². The second-order valence-electron chi connectivity index (χ2n) is 9.15. The molecule has 0 unspecified atom stereocenters. The lowest BCUT2D eigenvalue weighted by Gasteiger charge is -2.12. The Morgan fingerprint density at radius 3 is 2.05 bits per heavy atom. The van der Waals surface area contributed by atoms with E-state index in [9.17, 15) is 19.2 Å². The number of hydrogen-bond donors (Lipinski definition) is 0. The number of ether oxygens (including phenoxy) is 5. The van der Waals surface area contributed by atoms with Crippen molar-refractivity contribution in [3.8, 4) is 11.5 Å². The zero-order chi connectivity index (χ0) is 30.9. The lowest BCUT2D eigenvalue weighted by Crippen LogP contribution is -2.14. The van der Waals surface area contributed by atoms with Crippen LogP contribution in [-0.2, 0) is 39.8 Å². The van der Waals surface area contributed by atoms with Gasteiger partial charge in [0.25, 0.3) is 0 Å². The van der Waals surface area contributed by atoms with Crippen molar-refractivity contribution in [3.05, 3.63) is 83.5 Å². The minimum absolute atomic E-state index is 0.0153. The number of hydrogen-bond acceptors (Lipinski definition) is 9. The molecule has 0 N–H and O–H groups in total. The molecule has 0 radical (unpaired) electrons. The van der Waals surface area contributed by atoms with Crippen molar-refractivity contribution in [1.29, 1.82) is 0 Å². The molecule has 0 bridgehead atoms. The van der Waals surface area contributed by atoms with E-state index in [2.05, 4.69) is 30.9 Å². The van der Waals surface area contributed by atoms with Gasteiger partial charge in [0.05, 0.1) is 39.8 Å². The van der Waals surface area contributed by atoms with E-state index in [4.69, 9.17) is 18.9 Å². The molecule has 9 nitrogen and oxygen atoms in total. The van der Waals surface area contributed by atoms with E-state index in [-0.39, 0.29) is 37.2 Å². The van der Waals surface area contributed by atoms with Crippen LogP contribution in [0.3, 0.4) is 0 Å². The summed E-state index contributed by atoms with van der Waals surface area (Å²) >= 11 is 0. The van der Waals surface area contributed by atoms with Crippen molar-refractivity contribution in [1.82, 2.24) is 0 Å². The normalized spacial score (nSPS) is 10.5. The molecule has 0 saturated carbocycles. The standard InChI is InChI=1S/C33H38O9/c1-6-27-22-26(11-10-25-12-15-28(16-13-25)42-33(37)24(4)20-30(34)38-5)14-17-29(27)40-18-8-9-19-41-32(36)23(3)21-31(35)39-7-2/h10-17,22H,3-4,6-9,18-21H2,1-2,5H3/b11-10+. The first-order valence-electron chi connectivity index (χ1n) is 13.7. The van der Waals surface area contributed by atoms with Gasteiger partial charge in [-0.25, -0.2) is 9.59 Å². The first-order valence-corrected chi connectivity index (χ1v) is 13.7. The second kappa shape index (κ2) is 17.9. The molecule has 0 fully saturated rings. The number of rotatable bonds is 17. The fourth-order valence-electron chi connectivity index (χ4n) is 3.57. The summed E-state index contributed by atoms with van der Waals surface area (Å²) in [5, 5.41) is 0. The predicted octanol–water partition coefficient (Wildman–Crippen LogP) is 5.66. The van der Waals surface area contributed by atoms with Crippen LogP contribution in [0.25, 0.3) is 12.2 Å². The molecule has 42 heavy (non-hydrogen) atoms. The molecule has 0 aliphatic heterocycles. The highest BCUT2D eigenvalue weighted by molar-refractivity contribution is 5.94. The van der Waals surface area contributed by atoms with Crippen molar-refractivity contribution in [2.45, 2.75) is 46.0 Å². The van der Waals surface area contributed by atoms with Crippen molar-refractivity contribution in [3.63, 3.8) is 0 Å². The highest BCUT2D eigenvalue weighted by Gasteiger charge is 2.15. The Morgan fingerprint density at radius 2 is 1.38 bits per heavy atom. The van der Waals surface area contributed by atoms with Gasteiger partial charge in [-0.1, -0.05) is 50.4 Å². The van der Waals surface area contributed by atoms with Crippen LogP contribution < -0.4 is 9.47 Å². The maximum Gasteiger partial charge on any atom is 0.339 e. The highest BCUT2D eigenvalue weighted by atomic mass is 16.5. The largest absolute Gasteiger partial charge is 0.493 e. The van der Waals surface area contributed by atoms with E-state index in [0.717, 1.165) is 28.9 Å².